The molecule has 1 atom stereocenters. The third-order valence-corrected chi connectivity index (χ3v) is 7.01. The topological polar surface area (TPSA) is 75.1 Å². The van der Waals surface area contributed by atoms with Gasteiger partial charge >= 0.3 is 0 Å². The van der Waals surface area contributed by atoms with Crippen LogP contribution >= 0.6 is 0 Å². The number of rotatable bonds is 5. The SMILES string of the molecule is N=C/C(=C\N)c1ccc2c(ccn2CC2CCCN(C(=O)C3CCCCC3)CC2)c1. The molecule has 1 unspecified atom stereocenters. The first-order chi connectivity index (χ1) is 14.7. The number of nitrogens with one attached hydrogen (secondary N) is 1. The second-order valence-corrected chi connectivity index (χ2v) is 8.97. The maximum absolute atomic E-state index is 12.9. The highest BCUT2D eigenvalue weighted by atomic mass is 16.2. The van der Waals surface area contributed by atoms with Crippen molar-refractivity contribution in [3.8, 4) is 0 Å². The largest absolute Gasteiger partial charge is 0.404 e. The summed E-state index contributed by atoms with van der Waals surface area (Å²) in [5, 5.41) is 8.68. The van der Waals surface area contributed by atoms with Crippen LogP contribution in [0.25, 0.3) is 16.5 Å². The van der Waals surface area contributed by atoms with Gasteiger partial charge in [0.25, 0.3) is 0 Å². The summed E-state index contributed by atoms with van der Waals surface area (Å²) >= 11 is 0. The molecule has 5 heteroatoms. The van der Waals surface area contributed by atoms with E-state index in [4.69, 9.17) is 11.1 Å². The van der Waals surface area contributed by atoms with Crippen molar-refractivity contribution >= 4 is 28.6 Å². The Morgan fingerprint density at radius 3 is 2.67 bits per heavy atom. The number of allylic oxidation sites excluding steroid dienone is 1. The van der Waals surface area contributed by atoms with E-state index in [0.717, 1.165) is 56.5 Å². The fraction of sp³-hybridized carbons (Fsp3) is 0.520. The molecule has 1 aliphatic carbocycles. The summed E-state index contributed by atoms with van der Waals surface area (Å²) in [7, 11) is 0. The van der Waals surface area contributed by atoms with Gasteiger partial charge in [0.15, 0.2) is 0 Å². The summed E-state index contributed by atoms with van der Waals surface area (Å²) in [4.78, 5) is 15.1. The van der Waals surface area contributed by atoms with E-state index < -0.39 is 0 Å². The van der Waals surface area contributed by atoms with Gasteiger partial charge in [-0.25, -0.2) is 0 Å². The molecular weight excluding hydrogens is 372 g/mol. The van der Waals surface area contributed by atoms with Crippen LogP contribution in [0.2, 0.25) is 0 Å². The first-order valence-electron chi connectivity index (χ1n) is 11.5. The summed E-state index contributed by atoms with van der Waals surface area (Å²) in [5.41, 5.74) is 8.57. The van der Waals surface area contributed by atoms with Crippen LogP contribution in [0.4, 0.5) is 0 Å². The Balaban J connectivity index is 1.40. The van der Waals surface area contributed by atoms with E-state index in [1.54, 1.807) is 0 Å². The second kappa shape index (κ2) is 9.50. The fourth-order valence-corrected chi connectivity index (χ4v) is 5.22. The molecule has 0 bridgehead atoms. The van der Waals surface area contributed by atoms with E-state index in [0.29, 0.717) is 11.8 Å². The average molecular weight is 407 g/mol. The van der Waals surface area contributed by atoms with E-state index in [1.807, 2.05) is 6.07 Å². The Labute approximate surface area is 179 Å². The second-order valence-electron chi connectivity index (χ2n) is 8.97. The average Bonchev–Trinajstić information content (AvgIpc) is 3.03. The first kappa shape index (κ1) is 20.7. The lowest BCUT2D eigenvalue weighted by molar-refractivity contribution is -0.136. The third kappa shape index (κ3) is 4.45. The van der Waals surface area contributed by atoms with Crippen molar-refractivity contribution in [3.05, 3.63) is 42.2 Å². The van der Waals surface area contributed by atoms with Gasteiger partial charge in [-0.05, 0) is 61.8 Å². The molecule has 160 valence electrons. The van der Waals surface area contributed by atoms with Crippen molar-refractivity contribution in [1.29, 1.82) is 5.41 Å². The maximum Gasteiger partial charge on any atom is 0.225 e. The Morgan fingerprint density at radius 1 is 1.07 bits per heavy atom. The number of nitrogens with two attached hydrogens (primary N) is 1. The zero-order valence-electron chi connectivity index (χ0n) is 17.9. The van der Waals surface area contributed by atoms with Gasteiger partial charge < -0.3 is 20.6 Å². The van der Waals surface area contributed by atoms with Gasteiger partial charge in [-0.3, -0.25) is 4.79 Å². The number of hydrogen-bond acceptors (Lipinski definition) is 3. The summed E-state index contributed by atoms with van der Waals surface area (Å²) < 4.78 is 2.35. The zero-order valence-corrected chi connectivity index (χ0v) is 17.9. The lowest BCUT2D eigenvalue weighted by Gasteiger charge is -2.28. The maximum atomic E-state index is 12.9. The summed E-state index contributed by atoms with van der Waals surface area (Å²) in [6.45, 7) is 2.84. The molecule has 2 aromatic rings. The van der Waals surface area contributed by atoms with Gasteiger partial charge in [0.05, 0.1) is 0 Å². The van der Waals surface area contributed by atoms with E-state index in [2.05, 4.69) is 33.9 Å². The number of amides is 1. The van der Waals surface area contributed by atoms with Crippen LogP contribution < -0.4 is 5.73 Å². The molecular formula is C25H34N4O. The number of hydrogen-bond donors (Lipinski definition) is 2. The normalized spacial score (nSPS) is 21.5. The van der Waals surface area contributed by atoms with Crippen LogP contribution in [-0.4, -0.2) is 34.7 Å². The molecule has 1 saturated carbocycles. The van der Waals surface area contributed by atoms with Gasteiger partial charge in [0, 0.05) is 60.6 Å². The standard InChI is InChI=1S/C25H34N4O/c26-16-23(17-27)21-8-9-24-22(15-21)11-14-29(24)18-19-5-4-12-28(13-10-19)25(30)20-6-2-1-3-7-20/h8-9,11,14-17,19-20,26H,1-7,10,12-13,18,27H2/b23-17+,26-16?. The van der Waals surface area contributed by atoms with Crippen LogP contribution in [0.5, 0.6) is 0 Å². The molecule has 2 aliphatic rings. The van der Waals surface area contributed by atoms with Gasteiger partial charge in [-0.1, -0.05) is 25.3 Å². The molecule has 1 saturated heterocycles. The Morgan fingerprint density at radius 2 is 1.90 bits per heavy atom. The van der Waals surface area contributed by atoms with Crippen molar-refractivity contribution < 1.29 is 4.79 Å². The zero-order chi connectivity index (χ0) is 20.9. The number of benzene rings is 1. The first-order valence-corrected chi connectivity index (χ1v) is 11.5. The van der Waals surface area contributed by atoms with E-state index in [-0.39, 0.29) is 5.92 Å². The number of fused-ring (bicyclic) bond motifs is 1. The summed E-state index contributed by atoms with van der Waals surface area (Å²) in [5.74, 6) is 1.31. The van der Waals surface area contributed by atoms with Crippen molar-refractivity contribution in [3.63, 3.8) is 0 Å². The summed E-state index contributed by atoms with van der Waals surface area (Å²) in [6.07, 6.45) is 14.2. The Kier molecular flexibility index (Phi) is 6.56. The predicted molar refractivity (Wildman–Crippen MR) is 123 cm³/mol. The minimum Gasteiger partial charge on any atom is -0.404 e. The number of nitrogens with zero attached hydrogens (tertiary/aromatic N) is 2. The van der Waals surface area contributed by atoms with Gasteiger partial charge in [0.2, 0.25) is 5.91 Å². The van der Waals surface area contributed by atoms with E-state index >= 15 is 0 Å². The monoisotopic (exact) mass is 406 g/mol. The molecule has 4 rings (SSSR count). The predicted octanol–water partition coefficient (Wildman–Crippen LogP) is 4.80. The highest BCUT2D eigenvalue weighted by Gasteiger charge is 2.28. The molecule has 5 nitrogen and oxygen atoms in total. The molecule has 1 amide bonds. The number of likely N-dealkylation sites (tertiary alicyclic amines) is 1. The van der Waals surface area contributed by atoms with Crippen molar-refractivity contribution in [1.82, 2.24) is 9.47 Å². The molecule has 3 N–H and O–H groups in total. The Hall–Kier alpha value is -2.56. The minimum atomic E-state index is 0.284. The number of carbonyl (C=O) groups is 1. The molecule has 1 aliphatic heterocycles. The lowest BCUT2D eigenvalue weighted by Crippen LogP contribution is -2.37. The molecule has 2 fully saturated rings. The lowest BCUT2D eigenvalue weighted by atomic mass is 9.88. The molecule has 2 heterocycles. The van der Waals surface area contributed by atoms with E-state index in [1.165, 1.54) is 49.0 Å². The highest BCUT2D eigenvalue weighted by molar-refractivity contribution is 6.09. The van der Waals surface area contributed by atoms with Crippen molar-refractivity contribution in [2.45, 2.75) is 57.9 Å². The Bertz CT molecular complexity index is 922. The third-order valence-electron chi connectivity index (χ3n) is 7.01. The minimum absolute atomic E-state index is 0.284. The smallest absolute Gasteiger partial charge is 0.225 e. The van der Waals surface area contributed by atoms with Crippen molar-refractivity contribution in [2.75, 3.05) is 13.1 Å². The van der Waals surface area contributed by atoms with Gasteiger partial charge in [-0.2, -0.15) is 0 Å². The highest BCUT2D eigenvalue weighted by Crippen LogP contribution is 2.28. The summed E-state index contributed by atoms with van der Waals surface area (Å²) in [6, 6.07) is 8.42. The van der Waals surface area contributed by atoms with Crippen LogP contribution in [0.15, 0.2) is 36.7 Å². The fourth-order valence-electron chi connectivity index (χ4n) is 5.22. The van der Waals surface area contributed by atoms with Gasteiger partial charge in [-0.15, -0.1) is 0 Å². The van der Waals surface area contributed by atoms with Gasteiger partial charge in [0.1, 0.15) is 0 Å². The van der Waals surface area contributed by atoms with Crippen LogP contribution in [0, 0.1) is 17.2 Å². The quantitative estimate of drug-likeness (QED) is 0.700. The molecule has 0 spiro atoms. The van der Waals surface area contributed by atoms with E-state index in [9.17, 15) is 4.79 Å². The van der Waals surface area contributed by atoms with Crippen LogP contribution in [0.1, 0.15) is 56.9 Å². The van der Waals surface area contributed by atoms with Crippen LogP contribution in [0.3, 0.4) is 0 Å². The molecule has 1 aromatic carbocycles. The van der Waals surface area contributed by atoms with Crippen molar-refractivity contribution in [2.24, 2.45) is 17.6 Å². The number of carbonyl (C=O) groups excluding carboxylic acids is 1. The van der Waals surface area contributed by atoms with Crippen LogP contribution in [-0.2, 0) is 11.3 Å². The number of aromatic nitrogens is 1. The molecule has 0 radical (unpaired) electrons. The molecule has 30 heavy (non-hydrogen) atoms. The molecule has 1 aromatic heterocycles.